The summed E-state index contributed by atoms with van der Waals surface area (Å²) in [5.74, 6) is 0.951. The van der Waals surface area contributed by atoms with Gasteiger partial charge in [0.2, 0.25) is 0 Å². The molecule has 1 fully saturated rings. The van der Waals surface area contributed by atoms with E-state index in [4.69, 9.17) is 4.74 Å². The van der Waals surface area contributed by atoms with E-state index in [9.17, 15) is 0 Å². The molecule has 1 aromatic carbocycles. The Balaban J connectivity index is 1.72. The summed E-state index contributed by atoms with van der Waals surface area (Å²) >= 11 is 1.74. The summed E-state index contributed by atoms with van der Waals surface area (Å²) in [5.41, 5.74) is 1.07. The quantitative estimate of drug-likeness (QED) is 0.856. The van der Waals surface area contributed by atoms with Crippen LogP contribution in [0.1, 0.15) is 45.4 Å². The molecule has 4 heteroatoms. The maximum atomic E-state index is 5.68. The van der Waals surface area contributed by atoms with Crippen molar-refractivity contribution < 1.29 is 4.74 Å². The molecule has 0 amide bonds. The van der Waals surface area contributed by atoms with Gasteiger partial charge in [-0.2, -0.15) is 0 Å². The minimum absolute atomic E-state index is 0.611. The molecule has 20 heavy (non-hydrogen) atoms. The number of rotatable bonds is 5. The van der Waals surface area contributed by atoms with E-state index < -0.39 is 0 Å². The highest BCUT2D eigenvalue weighted by Crippen LogP contribution is 2.31. The highest BCUT2D eigenvalue weighted by atomic mass is 32.1. The Bertz CT molecular complexity index is 561. The molecular weight excluding hydrogens is 268 g/mol. The van der Waals surface area contributed by atoms with Gasteiger partial charge in [0.15, 0.2) is 5.13 Å². The van der Waals surface area contributed by atoms with E-state index in [0.717, 1.165) is 29.4 Å². The first kappa shape index (κ1) is 13.7. The van der Waals surface area contributed by atoms with Crippen LogP contribution in [-0.4, -0.2) is 17.6 Å². The van der Waals surface area contributed by atoms with Gasteiger partial charge in [0.25, 0.3) is 0 Å². The predicted octanol–water partition coefficient (Wildman–Crippen LogP) is 4.83. The lowest BCUT2D eigenvalue weighted by atomic mass is 9.96. The topological polar surface area (TPSA) is 34.1 Å². The number of aromatic nitrogens is 1. The summed E-state index contributed by atoms with van der Waals surface area (Å²) in [6.07, 6.45) is 7.67. The number of thiazole rings is 1. The number of benzene rings is 1. The van der Waals surface area contributed by atoms with E-state index in [2.05, 4.69) is 29.4 Å². The van der Waals surface area contributed by atoms with Gasteiger partial charge in [-0.1, -0.05) is 37.5 Å². The van der Waals surface area contributed by atoms with Gasteiger partial charge >= 0.3 is 0 Å². The Labute approximate surface area is 124 Å². The van der Waals surface area contributed by atoms with Crippen molar-refractivity contribution in [3.63, 3.8) is 0 Å². The minimum atomic E-state index is 0.611. The molecule has 108 valence electrons. The lowest BCUT2D eigenvalue weighted by Crippen LogP contribution is -2.21. The van der Waals surface area contributed by atoms with Crippen LogP contribution in [0.25, 0.3) is 10.2 Å². The molecule has 0 unspecified atom stereocenters. The van der Waals surface area contributed by atoms with E-state index in [1.165, 1.54) is 36.8 Å². The van der Waals surface area contributed by atoms with Gasteiger partial charge < -0.3 is 10.1 Å². The number of fused-ring (bicyclic) bond motifs is 1. The van der Waals surface area contributed by atoms with Gasteiger partial charge in [-0.05, 0) is 37.5 Å². The van der Waals surface area contributed by atoms with Crippen LogP contribution in [0.5, 0.6) is 5.75 Å². The maximum Gasteiger partial charge on any atom is 0.184 e. The zero-order chi connectivity index (χ0) is 13.8. The van der Waals surface area contributed by atoms with Crippen LogP contribution >= 0.6 is 11.3 Å². The van der Waals surface area contributed by atoms with Crippen molar-refractivity contribution in [1.82, 2.24) is 4.98 Å². The monoisotopic (exact) mass is 290 g/mol. The zero-order valence-corrected chi connectivity index (χ0v) is 12.8. The number of nitrogens with zero attached hydrogens (tertiary/aromatic N) is 1. The Morgan fingerprint density at radius 2 is 2.15 bits per heavy atom. The Kier molecular flexibility index (Phi) is 4.41. The zero-order valence-electron chi connectivity index (χ0n) is 12.0. The average molecular weight is 290 g/mol. The molecule has 0 aliphatic heterocycles. The normalized spacial score (nSPS) is 16.4. The molecule has 3 rings (SSSR count). The van der Waals surface area contributed by atoms with E-state index in [1.807, 2.05) is 6.07 Å². The first-order chi connectivity index (χ1) is 9.85. The summed E-state index contributed by atoms with van der Waals surface area (Å²) in [6, 6.07) is 6.79. The van der Waals surface area contributed by atoms with Crippen molar-refractivity contribution in [3.05, 3.63) is 18.2 Å². The summed E-state index contributed by atoms with van der Waals surface area (Å²) < 4.78 is 6.89. The lowest BCUT2D eigenvalue weighted by molar-refractivity contribution is 0.318. The molecule has 0 bridgehead atoms. The molecular formula is C16H22N2OS. The van der Waals surface area contributed by atoms with Gasteiger partial charge in [0.1, 0.15) is 5.75 Å². The summed E-state index contributed by atoms with van der Waals surface area (Å²) in [5, 5.41) is 4.65. The number of nitrogens with one attached hydrogen (secondary N) is 1. The fourth-order valence-corrected chi connectivity index (χ4v) is 3.67. The van der Waals surface area contributed by atoms with E-state index in [-0.39, 0.29) is 0 Å². The second-order valence-corrected chi connectivity index (χ2v) is 6.51. The van der Waals surface area contributed by atoms with Crippen molar-refractivity contribution >= 4 is 26.7 Å². The van der Waals surface area contributed by atoms with Crippen LogP contribution in [0.15, 0.2) is 18.2 Å². The molecule has 2 aromatic rings. The Hall–Kier alpha value is -1.29. The van der Waals surface area contributed by atoms with Crippen LogP contribution in [-0.2, 0) is 0 Å². The minimum Gasteiger partial charge on any atom is -0.494 e. The lowest BCUT2D eigenvalue weighted by Gasteiger charge is -2.22. The largest absolute Gasteiger partial charge is 0.494 e. The fraction of sp³-hybridized carbons (Fsp3) is 0.562. The first-order valence-electron chi connectivity index (χ1n) is 7.65. The van der Waals surface area contributed by atoms with Crippen LogP contribution < -0.4 is 10.1 Å². The maximum absolute atomic E-state index is 5.68. The smallest absolute Gasteiger partial charge is 0.184 e. The van der Waals surface area contributed by atoms with Crippen LogP contribution in [0, 0.1) is 0 Å². The number of anilines is 1. The van der Waals surface area contributed by atoms with Gasteiger partial charge in [0, 0.05) is 6.04 Å². The van der Waals surface area contributed by atoms with Crippen LogP contribution in [0.4, 0.5) is 5.13 Å². The fourth-order valence-electron chi connectivity index (χ4n) is 2.70. The van der Waals surface area contributed by atoms with Crippen molar-refractivity contribution in [2.45, 2.75) is 51.5 Å². The Morgan fingerprint density at radius 3 is 2.95 bits per heavy atom. The van der Waals surface area contributed by atoms with E-state index in [1.54, 1.807) is 11.3 Å². The number of hydrogen-bond acceptors (Lipinski definition) is 4. The molecule has 0 radical (unpaired) electrons. The first-order valence-corrected chi connectivity index (χ1v) is 8.47. The molecule has 1 heterocycles. The second-order valence-electron chi connectivity index (χ2n) is 5.48. The van der Waals surface area contributed by atoms with Gasteiger partial charge in [0.05, 0.1) is 16.8 Å². The van der Waals surface area contributed by atoms with Crippen molar-refractivity contribution in [3.8, 4) is 5.75 Å². The summed E-state index contributed by atoms with van der Waals surface area (Å²) in [4.78, 5) is 4.68. The van der Waals surface area contributed by atoms with Gasteiger partial charge in [-0.3, -0.25) is 0 Å². The molecule has 1 aromatic heterocycles. The highest BCUT2D eigenvalue weighted by Gasteiger charge is 2.15. The molecule has 0 atom stereocenters. The summed E-state index contributed by atoms with van der Waals surface area (Å²) in [6.45, 7) is 2.90. The summed E-state index contributed by atoms with van der Waals surface area (Å²) in [7, 11) is 0. The third kappa shape index (κ3) is 3.23. The van der Waals surface area contributed by atoms with Gasteiger partial charge in [-0.15, -0.1) is 0 Å². The van der Waals surface area contributed by atoms with Crippen LogP contribution in [0.2, 0.25) is 0 Å². The van der Waals surface area contributed by atoms with E-state index >= 15 is 0 Å². The SMILES string of the molecule is CCCOc1ccc2nc(NC3CCCCC3)sc2c1. The number of ether oxygens (including phenoxy) is 1. The molecule has 1 saturated carbocycles. The molecule has 1 aliphatic rings. The van der Waals surface area contributed by atoms with Crippen molar-refractivity contribution in [1.29, 1.82) is 0 Å². The molecule has 0 saturated heterocycles. The molecule has 0 spiro atoms. The van der Waals surface area contributed by atoms with Gasteiger partial charge in [-0.25, -0.2) is 4.98 Å². The average Bonchev–Trinajstić information content (AvgIpc) is 2.87. The Morgan fingerprint density at radius 1 is 1.30 bits per heavy atom. The standard InChI is InChI=1S/C16H22N2OS/c1-2-10-19-13-8-9-14-15(11-13)20-16(18-14)17-12-6-4-3-5-7-12/h8-9,11-12H,2-7,10H2,1H3,(H,17,18). The molecule has 1 aliphatic carbocycles. The third-order valence-corrected chi connectivity index (χ3v) is 4.71. The number of hydrogen-bond donors (Lipinski definition) is 1. The van der Waals surface area contributed by atoms with Crippen molar-refractivity contribution in [2.75, 3.05) is 11.9 Å². The molecule has 1 N–H and O–H groups in total. The molecule has 3 nitrogen and oxygen atoms in total. The van der Waals surface area contributed by atoms with Crippen LogP contribution in [0.3, 0.4) is 0 Å². The van der Waals surface area contributed by atoms with E-state index in [0.29, 0.717) is 6.04 Å². The highest BCUT2D eigenvalue weighted by molar-refractivity contribution is 7.22. The third-order valence-electron chi connectivity index (χ3n) is 3.77. The van der Waals surface area contributed by atoms with Crippen molar-refractivity contribution in [2.24, 2.45) is 0 Å². The predicted molar refractivity (Wildman–Crippen MR) is 85.9 cm³/mol. The second kappa shape index (κ2) is 6.44.